The van der Waals surface area contributed by atoms with Crippen LogP contribution in [0.3, 0.4) is 0 Å². The molecule has 2 saturated carbocycles. The molecule has 0 radical (unpaired) electrons. The lowest BCUT2D eigenvalue weighted by atomic mass is 9.83. The number of nitriles is 1. The smallest absolute Gasteiger partial charge is 0.0664 e. The van der Waals surface area contributed by atoms with Crippen molar-refractivity contribution >= 4 is 15.9 Å². The summed E-state index contributed by atoms with van der Waals surface area (Å²) in [6.07, 6.45) is 6.92. The zero-order chi connectivity index (χ0) is 9.26. The van der Waals surface area contributed by atoms with Gasteiger partial charge in [0, 0.05) is 5.33 Å². The molecule has 0 aromatic rings. The van der Waals surface area contributed by atoms with Crippen LogP contribution in [0.25, 0.3) is 0 Å². The van der Waals surface area contributed by atoms with E-state index < -0.39 is 0 Å². The summed E-state index contributed by atoms with van der Waals surface area (Å²) in [5, 5.41) is 9.74. The van der Waals surface area contributed by atoms with Crippen LogP contribution in [0.5, 0.6) is 0 Å². The predicted octanol–water partition coefficient (Wildman–Crippen LogP) is 3.35. The van der Waals surface area contributed by atoms with Crippen LogP contribution < -0.4 is 0 Å². The fourth-order valence-corrected chi connectivity index (χ4v) is 3.59. The van der Waals surface area contributed by atoms with Crippen molar-refractivity contribution in [3.8, 4) is 6.07 Å². The Morgan fingerprint density at radius 1 is 1.38 bits per heavy atom. The van der Waals surface area contributed by atoms with E-state index in [-0.39, 0.29) is 5.92 Å². The van der Waals surface area contributed by atoms with E-state index >= 15 is 0 Å². The second kappa shape index (κ2) is 4.00. The first-order chi connectivity index (χ1) is 6.33. The lowest BCUT2D eigenvalue weighted by molar-refractivity contribution is 0.296. The summed E-state index contributed by atoms with van der Waals surface area (Å²) in [5.74, 6) is 3.12. The Bertz CT molecular complexity index is 221. The molecule has 0 aromatic heterocycles. The number of hydrogen-bond donors (Lipinski definition) is 0. The fraction of sp³-hybridized carbons (Fsp3) is 0.909. The minimum Gasteiger partial charge on any atom is -0.198 e. The zero-order valence-electron chi connectivity index (χ0n) is 7.88. The Morgan fingerprint density at radius 2 is 2.23 bits per heavy atom. The molecule has 2 aliphatic carbocycles. The lowest BCUT2D eigenvalue weighted by Crippen LogP contribution is -2.15. The maximum atomic E-state index is 8.88. The van der Waals surface area contributed by atoms with Crippen LogP contribution in [0.4, 0.5) is 0 Å². The summed E-state index contributed by atoms with van der Waals surface area (Å²) >= 11 is 3.41. The highest BCUT2D eigenvalue weighted by Gasteiger charge is 2.39. The van der Waals surface area contributed by atoms with Gasteiger partial charge in [0.25, 0.3) is 0 Å². The van der Waals surface area contributed by atoms with Crippen LogP contribution in [0.1, 0.15) is 32.1 Å². The molecule has 4 unspecified atom stereocenters. The highest BCUT2D eigenvalue weighted by atomic mass is 79.9. The second-order valence-electron chi connectivity index (χ2n) is 4.65. The van der Waals surface area contributed by atoms with Gasteiger partial charge >= 0.3 is 0 Å². The van der Waals surface area contributed by atoms with Crippen LogP contribution in [0, 0.1) is 35.0 Å². The second-order valence-corrected chi connectivity index (χ2v) is 5.30. The summed E-state index contributed by atoms with van der Waals surface area (Å²) < 4.78 is 0. The summed E-state index contributed by atoms with van der Waals surface area (Å²) in [6.45, 7) is 0. The molecule has 4 atom stereocenters. The molecular formula is C11H16BrN. The number of fused-ring (bicyclic) bond motifs is 2. The highest BCUT2D eigenvalue weighted by molar-refractivity contribution is 9.09. The fourth-order valence-electron chi connectivity index (χ4n) is 3.18. The van der Waals surface area contributed by atoms with Crippen molar-refractivity contribution in [3.05, 3.63) is 0 Å². The van der Waals surface area contributed by atoms with E-state index in [9.17, 15) is 0 Å². The van der Waals surface area contributed by atoms with Crippen molar-refractivity contribution in [2.24, 2.45) is 23.7 Å². The molecular weight excluding hydrogens is 226 g/mol. The lowest BCUT2D eigenvalue weighted by Gasteiger charge is -2.22. The molecule has 0 amide bonds. The third kappa shape index (κ3) is 1.91. The van der Waals surface area contributed by atoms with E-state index in [2.05, 4.69) is 22.0 Å². The molecule has 0 spiro atoms. The zero-order valence-corrected chi connectivity index (χ0v) is 9.46. The van der Waals surface area contributed by atoms with Crippen molar-refractivity contribution in [3.63, 3.8) is 0 Å². The molecule has 2 heteroatoms. The normalized spacial score (nSPS) is 38.9. The largest absolute Gasteiger partial charge is 0.198 e. The van der Waals surface area contributed by atoms with Gasteiger partial charge in [-0.15, -0.1) is 0 Å². The van der Waals surface area contributed by atoms with E-state index in [4.69, 9.17) is 5.26 Å². The van der Waals surface area contributed by atoms with Crippen LogP contribution in [-0.2, 0) is 0 Å². The van der Waals surface area contributed by atoms with Crippen LogP contribution in [0.2, 0.25) is 0 Å². The molecule has 0 heterocycles. The standard InChI is InChI=1S/C11H16BrN/c12-6-9(7-13)5-11-4-8-1-2-10(11)3-8/h8-11H,1-6H2. The average molecular weight is 242 g/mol. The summed E-state index contributed by atoms with van der Waals surface area (Å²) in [4.78, 5) is 0. The summed E-state index contributed by atoms with van der Waals surface area (Å²) in [7, 11) is 0. The molecule has 13 heavy (non-hydrogen) atoms. The van der Waals surface area contributed by atoms with Crippen molar-refractivity contribution in [1.82, 2.24) is 0 Å². The van der Waals surface area contributed by atoms with Gasteiger partial charge in [0.15, 0.2) is 0 Å². The van der Waals surface area contributed by atoms with Gasteiger partial charge in [-0.2, -0.15) is 5.26 Å². The van der Waals surface area contributed by atoms with E-state index in [1.54, 1.807) is 0 Å². The SMILES string of the molecule is N#CC(CBr)CC1CC2CCC1C2. The van der Waals surface area contributed by atoms with Crippen molar-refractivity contribution in [2.75, 3.05) is 5.33 Å². The number of alkyl halides is 1. The number of hydrogen-bond acceptors (Lipinski definition) is 1. The third-order valence-electron chi connectivity index (χ3n) is 3.84. The number of nitrogens with zero attached hydrogens (tertiary/aromatic N) is 1. The molecule has 72 valence electrons. The Kier molecular flexibility index (Phi) is 2.93. The van der Waals surface area contributed by atoms with Gasteiger partial charge in [-0.1, -0.05) is 22.4 Å². The molecule has 1 nitrogen and oxygen atoms in total. The Morgan fingerprint density at radius 3 is 2.69 bits per heavy atom. The predicted molar refractivity (Wildman–Crippen MR) is 56.5 cm³/mol. The Hall–Kier alpha value is -0.0300. The Labute approximate surface area is 88.6 Å². The minimum absolute atomic E-state index is 0.254. The molecule has 2 rings (SSSR count). The molecule has 0 aliphatic heterocycles. The molecule has 0 aromatic carbocycles. The van der Waals surface area contributed by atoms with E-state index in [1.165, 1.54) is 25.7 Å². The van der Waals surface area contributed by atoms with Crippen LogP contribution in [-0.4, -0.2) is 5.33 Å². The molecule has 2 aliphatic rings. The molecule has 0 saturated heterocycles. The maximum Gasteiger partial charge on any atom is 0.0664 e. The van der Waals surface area contributed by atoms with Crippen LogP contribution in [0.15, 0.2) is 0 Å². The van der Waals surface area contributed by atoms with E-state index in [0.717, 1.165) is 29.5 Å². The molecule has 2 fully saturated rings. The first-order valence-electron chi connectivity index (χ1n) is 5.29. The molecule has 2 bridgehead atoms. The van der Waals surface area contributed by atoms with Crippen molar-refractivity contribution in [2.45, 2.75) is 32.1 Å². The Balaban J connectivity index is 1.86. The van der Waals surface area contributed by atoms with Gasteiger partial charge in [0.05, 0.1) is 12.0 Å². The van der Waals surface area contributed by atoms with Gasteiger partial charge in [-0.25, -0.2) is 0 Å². The average Bonchev–Trinajstić information content (AvgIpc) is 2.75. The maximum absolute atomic E-state index is 8.88. The highest BCUT2D eigenvalue weighted by Crippen LogP contribution is 2.50. The van der Waals surface area contributed by atoms with Crippen molar-refractivity contribution < 1.29 is 0 Å². The monoisotopic (exact) mass is 241 g/mol. The summed E-state index contributed by atoms with van der Waals surface area (Å²) in [6, 6.07) is 2.39. The molecule has 0 N–H and O–H groups in total. The quantitative estimate of drug-likeness (QED) is 0.696. The van der Waals surface area contributed by atoms with Gasteiger partial charge < -0.3 is 0 Å². The van der Waals surface area contributed by atoms with Crippen LogP contribution >= 0.6 is 15.9 Å². The summed E-state index contributed by atoms with van der Waals surface area (Å²) in [5.41, 5.74) is 0. The van der Waals surface area contributed by atoms with Gasteiger partial charge in [-0.05, 0) is 43.4 Å². The first-order valence-corrected chi connectivity index (χ1v) is 6.41. The third-order valence-corrected chi connectivity index (χ3v) is 4.62. The van der Waals surface area contributed by atoms with E-state index in [1.807, 2.05) is 0 Å². The van der Waals surface area contributed by atoms with Gasteiger partial charge in [-0.3, -0.25) is 0 Å². The number of rotatable bonds is 3. The first kappa shape index (κ1) is 9.52. The topological polar surface area (TPSA) is 23.8 Å². The van der Waals surface area contributed by atoms with Gasteiger partial charge in [0.2, 0.25) is 0 Å². The van der Waals surface area contributed by atoms with Crippen molar-refractivity contribution in [1.29, 1.82) is 5.26 Å². The van der Waals surface area contributed by atoms with E-state index in [0.29, 0.717) is 0 Å². The number of halogens is 1. The minimum atomic E-state index is 0.254. The van der Waals surface area contributed by atoms with Gasteiger partial charge in [0.1, 0.15) is 0 Å².